The van der Waals surface area contributed by atoms with E-state index in [1.54, 1.807) is 36.4 Å². The SMILES string of the molecule is O=C(CN1C(=O)SC(=Cc2cc3c(cc2Cl)OCO3)C1=O)c1ccc(Cl)cc1. The lowest BCUT2D eigenvalue weighted by Gasteiger charge is -2.11. The van der Waals surface area contributed by atoms with Gasteiger partial charge in [-0.3, -0.25) is 19.3 Å². The van der Waals surface area contributed by atoms with Crippen molar-refractivity contribution in [3.8, 4) is 11.5 Å². The summed E-state index contributed by atoms with van der Waals surface area (Å²) in [6.45, 7) is -0.253. The maximum absolute atomic E-state index is 12.6. The summed E-state index contributed by atoms with van der Waals surface area (Å²) < 4.78 is 10.5. The molecule has 2 aromatic carbocycles. The number of carbonyl (C=O) groups excluding carboxylic acids is 3. The van der Waals surface area contributed by atoms with Gasteiger partial charge in [0, 0.05) is 16.7 Å². The van der Waals surface area contributed by atoms with Crippen molar-refractivity contribution in [2.24, 2.45) is 0 Å². The number of benzene rings is 2. The Balaban J connectivity index is 1.55. The van der Waals surface area contributed by atoms with Crippen LogP contribution in [0.1, 0.15) is 15.9 Å². The number of imide groups is 1. The van der Waals surface area contributed by atoms with Gasteiger partial charge in [0.1, 0.15) is 0 Å². The van der Waals surface area contributed by atoms with Crippen molar-refractivity contribution in [2.45, 2.75) is 0 Å². The van der Waals surface area contributed by atoms with Crippen LogP contribution in [0, 0.1) is 0 Å². The molecule has 2 aliphatic heterocycles. The molecule has 0 radical (unpaired) electrons. The third-order valence-corrected chi connectivity index (χ3v) is 5.61. The quantitative estimate of drug-likeness (QED) is 0.514. The maximum Gasteiger partial charge on any atom is 0.293 e. The first-order chi connectivity index (χ1) is 13.4. The van der Waals surface area contributed by atoms with E-state index in [1.807, 2.05) is 0 Å². The summed E-state index contributed by atoms with van der Waals surface area (Å²) in [6.07, 6.45) is 1.50. The number of hydrogen-bond donors (Lipinski definition) is 0. The molecule has 0 unspecified atom stereocenters. The van der Waals surface area contributed by atoms with E-state index in [-0.39, 0.29) is 24.0 Å². The molecule has 4 rings (SSSR count). The molecular formula is C19H11Cl2NO5S. The predicted octanol–water partition coefficient (Wildman–Crippen LogP) is 4.64. The van der Waals surface area contributed by atoms with E-state index in [2.05, 4.69) is 0 Å². The minimum atomic E-state index is -0.550. The van der Waals surface area contributed by atoms with Crippen molar-refractivity contribution < 1.29 is 23.9 Å². The molecule has 142 valence electrons. The zero-order chi connectivity index (χ0) is 19.8. The number of carbonyl (C=O) groups is 3. The van der Waals surface area contributed by atoms with Crippen molar-refractivity contribution in [2.75, 3.05) is 13.3 Å². The number of amides is 2. The molecule has 0 bridgehead atoms. The first-order valence-corrected chi connectivity index (χ1v) is 9.63. The van der Waals surface area contributed by atoms with E-state index in [0.717, 1.165) is 16.7 Å². The smallest absolute Gasteiger partial charge is 0.293 e. The van der Waals surface area contributed by atoms with Crippen LogP contribution in [-0.2, 0) is 4.79 Å². The van der Waals surface area contributed by atoms with Crippen LogP contribution in [0.4, 0.5) is 4.79 Å². The highest BCUT2D eigenvalue weighted by molar-refractivity contribution is 8.18. The van der Waals surface area contributed by atoms with E-state index >= 15 is 0 Å². The van der Waals surface area contributed by atoms with Crippen LogP contribution in [-0.4, -0.2) is 35.2 Å². The summed E-state index contributed by atoms with van der Waals surface area (Å²) in [5.74, 6) is 0.115. The minimum Gasteiger partial charge on any atom is -0.454 e. The van der Waals surface area contributed by atoms with E-state index in [9.17, 15) is 14.4 Å². The largest absolute Gasteiger partial charge is 0.454 e. The van der Waals surface area contributed by atoms with Gasteiger partial charge in [0.2, 0.25) is 6.79 Å². The first-order valence-electron chi connectivity index (χ1n) is 8.05. The second kappa shape index (κ2) is 7.50. The number of ketones is 1. The molecule has 0 N–H and O–H groups in total. The average Bonchev–Trinajstić information content (AvgIpc) is 3.22. The van der Waals surface area contributed by atoms with E-state index in [4.69, 9.17) is 32.7 Å². The highest BCUT2D eigenvalue weighted by Gasteiger charge is 2.36. The van der Waals surface area contributed by atoms with Crippen molar-refractivity contribution >= 4 is 58.0 Å². The van der Waals surface area contributed by atoms with Gasteiger partial charge in [-0.2, -0.15) is 0 Å². The summed E-state index contributed by atoms with van der Waals surface area (Å²) in [6, 6.07) is 9.47. The van der Waals surface area contributed by atoms with Gasteiger partial charge in [-0.15, -0.1) is 0 Å². The molecule has 2 amide bonds. The zero-order valence-corrected chi connectivity index (χ0v) is 16.4. The van der Waals surface area contributed by atoms with Crippen molar-refractivity contribution in [1.29, 1.82) is 0 Å². The normalized spacial score (nSPS) is 16.9. The summed E-state index contributed by atoms with van der Waals surface area (Å²) >= 11 is 12.8. The topological polar surface area (TPSA) is 72.9 Å². The van der Waals surface area contributed by atoms with Gasteiger partial charge in [-0.05, 0) is 53.7 Å². The van der Waals surface area contributed by atoms with E-state index < -0.39 is 11.1 Å². The number of Topliss-reactive ketones (excluding diaryl/α,β-unsaturated/α-hetero) is 1. The highest BCUT2D eigenvalue weighted by Crippen LogP contribution is 2.39. The molecule has 0 saturated carbocycles. The molecule has 0 spiro atoms. The van der Waals surface area contributed by atoms with Gasteiger partial charge in [-0.1, -0.05) is 23.2 Å². The van der Waals surface area contributed by atoms with Gasteiger partial charge in [0.15, 0.2) is 17.3 Å². The molecule has 1 fully saturated rings. The number of halogens is 2. The fourth-order valence-corrected chi connectivity index (χ4v) is 3.86. The molecule has 6 nitrogen and oxygen atoms in total. The van der Waals surface area contributed by atoms with Crippen molar-refractivity contribution in [3.63, 3.8) is 0 Å². The van der Waals surface area contributed by atoms with Crippen LogP contribution in [0.25, 0.3) is 6.08 Å². The standard InChI is InChI=1S/C19H11Cl2NO5S/c20-12-3-1-10(2-4-12)14(23)8-22-18(24)17(28-19(22)25)6-11-5-15-16(7-13(11)21)27-9-26-15/h1-7H,8-9H2. The van der Waals surface area contributed by atoms with E-state index in [1.165, 1.54) is 6.08 Å². The fraction of sp³-hybridized carbons (Fsp3) is 0.105. The third kappa shape index (κ3) is 3.61. The number of rotatable bonds is 4. The molecular weight excluding hydrogens is 425 g/mol. The van der Waals surface area contributed by atoms with Crippen LogP contribution < -0.4 is 9.47 Å². The highest BCUT2D eigenvalue weighted by atomic mass is 35.5. The number of thioether (sulfide) groups is 1. The Labute approximate surface area is 174 Å². The lowest BCUT2D eigenvalue weighted by atomic mass is 10.1. The molecule has 1 saturated heterocycles. The van der Waals surface area contributed by atoms with Crippen LogP contribution in [0.3, 0.4) is 0 Å². The Morgan fingerprint density at radius 2 is 1.79 bits per heavy atom. The van der Waals surface area contributed by atoms with Crippen LogP contribution in [0.15, 0.2) is 41.3 Å². The molecule has 2 heterocycles. The molecule has 0 aromatic heterocycles. The Hall–Kier alpha value is -2.48. The number of ether oxygens (including phenoxy) is 2. The van der Waals surface area contributed by atoms with Crippen LogP contribution >= 0.6 is 35.0 Å². The van der Waals surface area contributed by atoms with Gasteiger partial charge in [0.05, 0.1) is 16.5 Å². The molecule has 2 aromatic rings. The van der Waals surface area contributed by atoms with Gasteiger partial charge in [0.25, 0.3) is 11.1 Å². The molecule has 28 heavy (non-hydrogen) atoms. The third-order valence-electron chi connectivity index (χ3n) is 4.12. The summed E-state index contributed by atoms with van der Waals surface area (Å²) in [4.78, 5) is 38.4. The maximum atomic E-state index is 12.6. The Morgan fingerprint density at radius 3 is 2.50 bits per heavy atom. The second-order valence-corrected chi connectivity index (χ2v) is 7.76. The second-order valence-electron chi connectivity index (χ2n) is 5.92. The first kappa shape index (κ1) is 18.9. The Kier molecular flexibility index (Phi) is 5.05. The van der Waals surface area contributed by atoms with Crippen LogP contribution in [0.5, 0.6) is 11.5 Å². The Morgan fingerprint density at radius 1 is 1.11 bits per heavy atom. The van der Waals surface area contributed by atoms with E-state index in [0.29, 0.717) is 32.7 Å². The lowest BCUT2D eigenvalue weighted by Crippen LogP contribution is -2.33. The van der Waals surface area contributed by atoms with Crippen molar-refractivity contribution in [1.82, 2.24) is 4.90 Å². The summed E-state index contributed by atoms with van der Waals surface area (Å²) in [5, 5.41) is 0.329. The monoisotopic (exact) mass is 435 g/mol. The molecule has 2 aliphatic rings. The molecule has 9 heteroatoms. The van der Waals surface area contributed by atoms with Crippen LogP contribution in [0.2, 0.25) is 10.0 Å². The van der Waals surface area contributed by atoms with Gasteiger partial charge < -0.3 is 9.47 Å². The predicted molar refractivity (Wildman–Crippen MR) is 106 cm³/mol. The minimum absolute atomic E-state index is 0.0957. The van der Waals surface area contributed by atoms with Gasteiger partial charge >= 0.3 is 0 Å². The van der Waals surface area contributed by atoms with Crippen molar-refractivity contribution in [3.05, 3.63) is 62.5 Å². The zero-order valence-electron chi connectivity index (χ0n) is 14.1. The number of fused-ring (bicyclic) bond motifs is 1. The lowest BCUT2D eigenvalue weighted by molar-refractivity contribution is -0.122. The average molecular weight is 436 g/mol. The number of nitrogens with zero attached hydrogens (tertiary/aromatic N) is 1. The van der Waals surface area contributed by atoms with Gasteiger partial charge in [-0.25, -0.2) is 0 Å². The number of hydrogen-bond acceptors (Lipinski definition) is 6. The summed E-state index contributed by atoms with van der Waals surface area (Å²) in [7, 11) is 0. The summed E-state index contributed by atoms with van der Waals surface area (Å²) in [5.41, 5.74) is 0.881. The molecule has 0 aliphatic carbocycles. The fourth-order valence-electron chi connectivity index (χ4n) is 2.69. The Bertz CT molecular complexity index is 1040. The molecule has 0 atom stereocenters.